The zero-order valence-electron chi connectivity index (χ0n) is 8.69. The molecule has 0 unspecified atom stereocenters. The van der Waals surface area contributed by atoms with Gasteiger partial charge in [-0.25, -0.2) is 0 Å². The van der Waals surface area contributed by atoms with Gasteiger partial charge >= 0.3 is 6.01 Å². The van der Waals surface area contributed by atoms with E-state index in [2.05, 4.69) is 20.7 Å². The summed E-state index contributed by atoms with van der Waals surface area (Å²) in [5, 5.41) is 15.0. The number of hydrogen-bond donors (Lipinski definition) is 1. The molecule has 0 bridgehead atoms. The molecule has 2 heterocycles. The first-order valence-corrected chi connectivity index (χ1v) is 4.73. The van der Waals surface area contributed by atoms with Gasteiger partial charge in [0.05, 0.1) is 5.54 Å². The Bertz CT molecular complexity index is 312. The third-order valence-corrected chi connectivity index (χ3v) is 2.01. The Hall–Kier alpha value is -1.17. The second-order valence-corrected chi connectivity index (χ2v) is 4.43. The molecule has 0 aromatic carbocycles. The second kappa shape index (κ2) is 3.20. The molecule has 2 rings (SSSR count). The van der Waals surface area contributed by atoms with Crippen molar-refractivity contribution < 1.29 is 4.74 Å². The van der Waals surface area contributed by atoms with E-state index in [1.165, 1.54) is 0 Å². The van der Waals surface area contributed by atoms with Gasteiger partial charge in [-0.1, -0.05) is 10.2 Å². The fourth-order valence-electron chi connectivity index (χ4n) is 1.03. The lowest BCUT2D eigenvalue weighted by Crippen LogP contribution is -2.50. The molecule has 1 fully saturated rings. The maximum atomic E-state index is 5.46. The highest BCUT2D eigenvalue weighted by atomic mass is 16.5. The monoisotopic (exact) mass is 197 g/mol. The van der Waals surface area contributed by atoms with Crippen LogP contribution in [0.2, 0.25) is 0 Å². The zero-order chi connectivity index (χ0) is 10.2. The van der Waals surface area contributed by atoms with E-state index < -0.39 is 0 Å². The predicted octanol–water partition coefficient (Wildman–Crippen LogP) is -0.221. The van der Waals surface area contributed by atoms with Crippen molar-refractivity contribution >= 4 is 0 Å². The molecule has 0 aliphatic carbocycles. The number of nitrogens with one attached hydrogen (secondary N) is 1. The number of nitrogens with zero attached hydrogens (tertiary/aromatic N) is 4. The molecule has 6 heteroatoms. The number of rotatable bonds is 2. The van der Waals surface area contributed by atoms with Gasteiger partial charge < -0.3 is 10.1 Å². The van der Waals surface area contributed by atoms with Crippen LogP contribution in [0.1, 0.15) is 20.8 Å². The van der Waals surface area contributed by atoms with E-state index in [0.29, 0.717) is 6.01 Å². The lowest BCUT2D eigenvalue weighted by molar-refractivity contribution is 0.128. The van der Waals surface area contributed by atoms with Gasteiger partial charge in [0.15, 0.2) is 0 Å². The summed E-state index contributed by atoms with van der Waals surface area (Å²) in [5.41, 5.74) is -0.146. The van der Waals surface area contributed by atoms with E-state index >= 15 is 0 Å². The summed E-state index contributed by atoms with van der Waals surface area (Å²) in [6.45, 7) is 7.78. The quantitative estimate of drug-likeness (QED) is 0.710. The Kier molecular flexibility index (Phi) is 2.14. The van der Waals surface area contributed by atoms with Gasteiger partial charge in [0.25, 0.3) is 0 Å². The SMILES string of the molecule is CC(C)(C)n1nnc(OC2CNC2)n1. The molecule has 1 aliphatic heterocycles. The fourth-order valence-corrected chi connectivity index (χ4v) is 1.03. The first-order valence-electron chi connectivity index (χ1n) is 4.73. The highest BCUT2D eigenvalue weighted by Gasteiger charge is 2.22. The normalized spacial score (nSPS) is 17.9. The van der Waals surface area contributed by atoms with Crippen LogP contribution in [0.5, 0.6) is 6.01 Å². The van der Waals surface area contributed by atoms with Gasteiger partial charge in [-0.05, 0) is 26.0 Å². The van der Waals surface area contributed by atoms with Crippen LogP contribution in [0.25, 0.3) is 0 Å². The summed E-state index contributed by atoms with van der Waals surface area (Å²) in [5.74, 6) is 0. The Morgan fingerprint density at radius 3 is 2.57 bits per heavy atom. The van der Waals surface area contributed by atoms with Crippen LogP contribution < -0.4 is 10.1 Å². The zero-order valence-corrected chi connectivity index (χ0v) is 8.69. The molecule has 1 aromatic heterocycles. The summed E-state index contributed by atoms with van der Waals surface area (Å²) in [6, 6.07) is 0.367. The van der Waals surface area contributed by atoms with Crippen LogP contribution in [0.4, 0.5) is 0 Å². The Labute approximate surface area is 82.6 Å². The van der Waals surface area contributed by atoms with Crippen LogP contribution >= 0.6 is 0 Å². The van der Waals surface area contributed by atoms with Crippen LogP contribution in [0, 0.1) is 0 Å². The van der Waals surface area contributed by atoms with Gasteiger partial charge in [-0.2, -0.15) is 4.80 Å². The molecule has 1 N–H and O–H groups in total. The maximum absolute atomic E-state index is 5.46. The highest BCUT2D eigenvalue weighted by Crippen LogP contribution is 2.12. The number of hydrogen-bond acceptors (Lipinski definition) is 5. The molecule has 1 aliphatic rings. The van der Waals surface area contributed by atoms with Crippen molar-refractivity contribution in [1.82, 2.24) is 25.5 Å². The molecule has 1 aromatic rings. The minimum Gasteiger partial charge on any atom is -0.455 e. The third kappa shape index (κ3) is 1.84. The fraction of sp³-hybridized carbons (Fsp3) is 0.875. The van der Waals surface area contributed by atoms with E-state index in [1.54, 1.807) is 4.80 Å². The third-order valence-electron chi connectivity index (χ3n) is 2.01. The van der Waals surface area contributed by atoms with E-state index in [1.807, 2.05) is 20.8 Å². The molecule has 14 heavy (non-hydrogen) atoms. The van der Waals surface area contributed by atoms with Crippen molar-refractivity contribution in [2.24, 2.45) is 0 Å². The molecule has 0 spiro atoms. The predicted molar refractivity (Wildman–Crippen MR) is 50.1 cm³/mol. The summed E-state index contributed by atoms with van der Waals surface area (Å²) < 4.78 is 5.46. The van der Waals surface area contributed by atoms with Gasteiger partial charge in [-0.3, -0.25) is 0 Å². The van der Waals surface area contributed by atoms with Gasteiger partial charge in [0.2, 0.25) is 0 Å². The maximum Gasteiger partial charge on any atom is 0.356 e. The van der Waals surface area contributed by atoms with E-state index in [-0.39, 0.29) is 11.6 Å². The first kappa shape index (κ1) is 9.39. The lowest BCUT2D eigenvalue weighted by Gasteiger charge is -2.25. The van der Waals surface area contributed by atoms with Crippen LogP contribution in [-0.2, 0) is 5.54 Å². The van der Waals surface area contributed by atoms with Crippen molar-refractivity contribution in [3.8, 4) is 6.01 Å². The average Bonchev–Trinajstić information content (AvgIpc) is 2.43. The van der Waals surface area contributed by atoms with Gasteiger partial charge in [0, 0.05) is 13.1 Å². The topological polar surface area (TPSA) is 64.9 Å². The smallest absolute Gasteiger partial charge is 0.356 e. The molecular formula is C8H15N5O. The van der Waals surface area contributed by atoms with Crippen molar-refractivity contribution in [3.05, 3.63) is 0 Å². The number of aromatic nitrogens is 4. The summed E-state index contributed by atoms with van der Waals surface area (Å²) >= 11 is 0. The van der Waals surface area contributed by atoms with E-state index in [0.717, 1.165) is 13.1 Å². The Morgan fingerprint density at radius 1 is 1.43 bits per heavy atom. The molecule has 0 atom stereocenters. The van der Waals surface area contributed by atoms with Crippen molar-refractivity contribution in [3.63, 3.8) is 0 Å². The highest BCUT2D eigenvalue weighted by molar-refractivity contribution is 4.90. The molecule has 78 valence electrons. The Morgan fingerprint density at radius 2 is 2.14 bits per heavy atom. The van der Waals surface area contributed by atoms with Gasteiger partial charge in [-0.15, -0.1) is 0 Å². The van der Waals surface area contributed by atoms with Crippen molar-refractivity contribution in [2.75, 3.05) is 13.1 Å². The summed E-state index contributed by atoms with van der Waals surface area (Å²) in [7, 11) is 0. The molecule has 6 nitrogen and oxygen atoms in total. The standard InChI is InChI=1S/C8H15N5O/c1-8(2,3)13-11-7(10-12-13)14-6-4-9-5-6/h6,9H,4-5H2,1-3H3. The minimum absolute atomic E-state index is 0.146. The second-order valence-electron chi connectivity index (χ2n) is 4.43. The molecular weight excluding hydrogens is 182 g/mol. The summed E-state index contributed by atoms with van der Waals surface area (Å²) in [6.07, 6.45) is 0.201. The van der Waals surface area contributed by atoms with E-state index in [9.17, 15) is 0 Å². The number of tetrazole rings is 1. The van der Waals surface area contributed by atoms with Crippen molar-refractivity contribution in [1.29, 1.82) is 0 Å². The summed E-state index contributed by atoms with van der Waals surface area (Å²) in [4.78, 5) is 1.56. The Balaban J connectivity index is 2.02. The average molecular weight is 197 g/mol. The van der Waals surface area contributed by atoms with Crippen LogP contribution in [0.3, 0.4) is 0 Å². The van der Waals surface area contributed by atoms with Gasteiger partial charge in [0.1, 0.15) is 6.10 Å². The van der Waals surface area contributed by atoms with Crippen LogP contribution in [0.15, 0.2) is 0 Å². The van der Waals surface area contributed by atoms with Crippen molar-refractivity contribution in [2.45, 2.75) is 32.4 Å². The molecule has 0 saturated carbocycles. The largest absolute Gasteiger partial charge is 0.455 e. The van der Waals surface area contributed by atoms with E-state index in [4.69, 9.17) is 4.74 Å². The molecule has 0 amide bonds. The molecule has 0 radical (unpaired) electrons. The lowest BCUT2D eigenvalue weighted by atomic mass is 10.1. The molecule has 1 saturated heterocycles. The first-order chi connectivity index (χ1) is 6.55. The van der Waals surface area contributed by atoms with Crippen LogP contribution in [-0.4, -0.2) is 39.4 Å². The minimum atomic E-state index is -0.146. The number of ether oxygens (including phenoxy) is 1.